The van der Waals surface area contributed by atoms with Gasteiger partial charge in [0.15, 0.2) is 0 Å². The predicted molar refractivity (Wildman–Crippen MR) is 94.4 cm³/mol. The summed E-state index contributed by atoms with van der Waals surface area (Å²) in [4.78, 5) is 14.3. The molecule has 0 radical (unpaired) electrons. The maximum atomic E-state index is 12.4. The highest BCUT2D eigenvalue weighted by Crippen LogP contribution is 2.28. The SMILES string of the molecule is COc1ccc(NC(=O)CN2CCOC(C)C2)cc1S(=O)(=O)N(C)C. The lowest BCUT2D eigenvalue weighted by Crippen LogP contribution is -2.44. The van der Waals surface area contributed by atoms with Crippen LogP contribution in [0, 0.1) is 0 Å². The van der Waals surface area contributed by atoms with Gasteiger partial charge in [0, 0.05) is 32.9 Å². The number of rotatable bonds is 6. The van der Waals surface area contributed by atoms with Gasteiger partial charge in [-0.25, -0.2) is 12.7 Å². The van der Waals surface area contributed by atoms with Crippen LogP contribution < -0.4 is 10.1 Å². The number of amides is 1. The van der Waals surface area contributed by atoms with E-state index in [0.717, 1.165) is 4.31 Å². The number of methoxy groups -OCH3 is 1. The number of nitrogens with zero attached hydrogens (tertiary/aromatic N) is 2. The van der Waals surface area contributed by atoms with Gasteiger partial charge in [0.1, 0.15) is 10.6 Å². The number of nitrogens with one attached hydrogen (secondary N) is 1. The first-order chi connectivity index (χ1) is 11.7. The Kier molecular flexibility index (Phi) is 6.39. The monoisotopic (exact) mass is 371 g/mol. The smallest absolute Gasteiger partial charge is 0.246 e. The zero-order valence-corrected chi connectivity index (χ0v) is 15.8. The standard InChI is InChI=1S/C16H25N3O5S/c1-12-10-19(7-8-24-12)11-16(20)17-13-5-6-14(23-4)15(9-13)25(21,22)18(2)3/h5-6,9,12H,7-8,10-11H2,1-4H3,(H,17,20). The Hall–Kier alpha value is -1.68. The normalized spacial score (nSPS) is 19.0. The number of carbonyl (C=O) groups is 1. The second kappa shape index (κ2) is 8.13. The van der Waals surface area contributed by atoms with Gasteiger partial charge in [-0.1, -0.05) is 0 Å². The van der Waals surface area contributed by atoms with Gasteiger partial charge in [-0.15, -0.1) is 0 Å². The van der Waals surface area contributed by atoms with Crippen molar-refractivity contribution < 1.29 is 22.7 Å². The fraction of sp³-hybridized carbons (Fsp3) is 0.562. The molecule has 1 amide bonds. The Labute approximate surface area is 148 Å². The Balaban J connectivity index is 2.13. The highest BCUT2D eigenvalue weighted by molar-refractivity contribution is 7.89. The molecule has 2 rings (SSSR count). The number of anilines is 1. The second-order valence-electron chi connectivity index (χ2n) is 6.12. The first kappa shape index (κ1) is 19.6. The molecule has 1 fully saturated rings. The lowest BCUT2D eigenvalue weighted by Gasteiger charge is -2.30. The van der Waals surface area contributed by atoms with Crippen molar-refractivity contribution >= 4 is 21.6 Å². The summed E-state index contributed by atoms with van der Waals surface area (Å²) in [6, 6.07) is 4.56. The van der Waals surface area contributed by atoms with E-state index in [1.165, 1.54) is 33.3 Å². The Morgan fingerprint density at radius 2 is 2.16 bits per heavy atom. The number of ether oxygens (including phenoxy) is 2. The number of benzene rings is 1. The molecular weight excluding hydrogens is 346 g/mol. The van der Waals surface area contributed by atoms with Crippen molar-refractivity contribution in [1.82, 2.24) is 9.21 Å². The minimum absolute atomic E-state index is 0.0118. The quantitative estimate of drug-likeness (QED) is 0.788. The molecule has 1 aliphatic heterocycles. The third-order valence-corrected chi connectivity index (χ3v) is 5.73. The van der Waals surface area contributed by atoms with Crippen molar-refractivity contribution in [3.8, 4) is 5.75 Å². The zero-order chi connectivity index (χ0) is 18.6. The molecule has 25 heavy (non-hydrogen) atoms. The number of carbonyl (C=O) groups excluding carboxylic acids is 1. The maximum absolute atomic E-state index is 12.4. The first-order valence-corrected chi connectivity index (χ1v) is 9.42. The van der Waals surface area contributed by atoms with Crippen LogP contribution in [0.3, 0.4) is 0 Å². The van der Waals surface area contributed by atoms with Crippen LogP contribution in [0.25, 0.3) is 0 Å². The molecule has 140 valence electrons. The van der Waals surface area contributed by atoms with Crippen molar-refractivity contribution in [2.45, 2.75) is 17.9 Å². The topological polar surface area (TPSA) is 88.2 Å². The molecule has 1 saturated heterocycles. The molecule has 1 aromatic rings. The van der Waals surface area contributed by atoms with Gasteiger partial charge in [0.2, 0.25) is 15.9 Å². The van der Waals surface area contributed by atoms with Crippen LogP contribution in [0.1, 0.15) is 6.92 Å². The number of sulfonamides is 1. The summed E-state index contributed by atoms with van der Waals surface area (Å²) in [6.07, 6.45) is 0.0966. The molecule has 1 aliphatic rings. The summed E-state index contributed by atoms with van der Waals surface area (Å²) in [5.41, 5.74) is 0.410. The molecule has 0 aliphatic carbocycles. The highest BCUT2D eigenvalue weighted by atomic mass is 32.2. The van der Waals surface area contributed by atoms with Crippen LogP contribution in [0.2, 0.25) is 0 Å². The Morgan fingerprint density at radius 3 is 2.76 bits per heavy atom. The third-order valence-electron chi connectivity index (χ3n) is 3.90. The van der Waals surface area contributed by atoms with E-state index in [1.54, 1.807) is 6.07 Å². The van der Waals surface area contributed by atoms with Crippen LogP contribution in [0.5, 0.6) is 5.75 Å². The molecule has 9 heteroatoms. The Bertz CT molecular complexity index is 720. The summed E-state index contributed by atoms with van der Waals surface area (Å²) in [5.74, 6) is 0.0289. The van der Waals surface area contributed by atoms with Crippen molar-refractivity contribution in [3.05, 3.63) is 18.2 Å². The van der Waals surface area contributed by atoms with Gasteiger partial charge in [-0.2, -0.15) is 0 Å². The Morgan fingerprint density at radius 1 is 1.44 bits per heavy atom. The fourth-order valence-corrected chi connectivity index (χ4v) is 3.67. The minimum atomic E-state index is -3.68. The van der Waals surface area contributed by atoms with E-state index in [2.05, 4.69) is 5.32 Å². The summed E-state index contributed by atoms with van der Waals surface area (Å²) < 4.78 is 36.5. The first-order valence-electron chi connectivity index (χ1n) is 7.98. The molecule has 0 aromatic heterocycles. The summed E-state index contributed by atoms with van der Waals surface area (Å²) in [7, 11) is 0.610. The fourth-order valence-electron chi connectivity index (χ4n) is 2.59. The van der Waals surface area contributed by atoms with E-state index < -0.39 is 10.0 Å². The largest absolute Gasteiger partial charge is 0.495 e. The predicted octanol–water partition coefficient (Wildman–Crippen LogP) is 0.605. The van der Waals surface area contributed by atoms with Gasteiger partial charge in [0.25, 0.3) is 0 Å². The molecule has 8 nitrogen and oxygen atoms in total. The molecular formula is C16H25N3O5S. The molecule has 1 N–H and O–H groups in total. The average molecular weight is 371 g/mol. The van der Waals surface area contributed by atoms with Crippen LogP contribution in [-0.4, -0.2) is 77.1 Å². The van der Waals surface area contributed by atoms with Crippen LogP contribution in [0.4, 0.5) is 5.69 Å². The van der Waals surface area contributed by atoms with E-state index in [0.29, 0.717) is 25.4 Å². The molecule has 1 heterocycles. The van der Waals surface area contributed by atoms with Crippen molar-refractivity contribution in [1.29, 1.82) is 0 Å². The molecule has 0 bridgehead atoms. The summed E-state index contributed by atoms with van der Waals surface area (Å²) in [5, 5.41) is 2.75. The van der Waals surface area contributed by atoms with E-state index in [-0.39, 0.29) is 29.2 Å². The molecule has 1 atom stereocenters. The molecule has 1 aromatic carbocycles. The summed E-state index contributed by atoms with van der Waals surface area (Å²) >= 11 is 0. The van der Waals surface area contributed by atoms with Crippen LogP contribution >= 0.6 is 0 Å². The maximum Gasteiger partial charge on any atom is 0.246 e. The molecule has 0 saturated carbocycles. The number of morpholine rings is 1. The van der Waals surface area contributed by atoms with Crippen LogP contribution in [0.15, 0.2) is 23.1 Å². The van der Waals surface area contributed by atoms with E-state index >= 15 is 0 Å². The lowest BCUT2D eigenvalue weighted by atomic mass is 10.2. The van der Waals surface area contributed by atoms with E-state index in [4.69, 9.17) is 9.47 Å². The van der Waals surface area contributed by atoms with E-state index in [1.807, 2.05) is 11.8 Å². The van der Waals surface area contributed by atoms with Gasteiger partial charge in [-0.05, 0) is 25.1 Å². The van der Waals surface area contributed by atoms with Crippen molar-refractivity contribution in [2.75, 3.05) is 52.8 Å². The highest BCUT2D eigenvalue weighted by Gasteiger charge is 2.23. The summed E-state index contributed by atoms with van der Waals surface area (Å²) in [6.45, 7) is 4.18. The van der Waals surface area contributed by atoms with Gasteiger partial charge >= 0.3 is 0 Å². The molecule has 0 spiro atoms. The second-order valence-corrected chi connectivity index (χ2v) is 8.24. The number of hydrogen-bond acceptors (Lipinski definition) is 6. The molecule has 1 unspecified atom stereocenters. The van der Waals surface area contributed by atoms with Crippen molar-refractivity contribution in [3.63, 3.8) is 0 Å². The van der Waals surface area contributed by atoms with Gasteiger partial charge in [0.05, 0.1) is 26.4 Å². The van der Waals surface area contributed by atoms with E-state index in [9.17, 15) is 13.2 Å². The average Bonchev–Trinajstić information content (AvgIpc) is 2.54. The lowest BCUT2D eigenvalue weighted by molar-refractivity contribution is -0.119. The number of hydrogen-bond donors (Lipinski definition) is 1. The zero-order valence-electron chi connectivity index (χ0n) is 15.0. The van der Waals surface area contributed by atoms with Gasteiger partial charge in [-0.3, -0.25) is 9.69 Å². The van der Waals surface area contributed by atoms with Gasteiger partial charge < -0.3 is 14.8 Å². The van der Waals surface area contributed by atoms with Crippen molar-refractivity contribution in [2.24, 2.45) is 0 Å². The third kappa shape index (κ3) is 4.91. The van der Waals surface area contributed by atoms with Crippen LogP contribution in [-0.2, 0) is 19.6 Å². The minimum Gasteiger partial charge on any atom is -0.495 e.